The van der Waals surface area contributed by atoms with Crippen LogP contribution in [0, 0.1) is 0 Å². The van der Waals surface area contributed by atoms with Gasteiger partial charge in [-0.15, -0.1) is 0 Å². The van der Waals surface area contributed by atoms with Crippen LogP contribution in [0.3, 0.4) is 0 Å². The average molecular weight is 330 g/mol. The van der Waals surface area contributed by atoms with Crippen molar-refractivity contribution in [3.63, 3.8) is 0 Å². The maximum absolute atomic E-state index is 5.47. The molecule has 1 aliphatic rings. The standard InChI is InChI=1S/C19H26N2O3/c1-4-6-15-12-18(20-24-15)19-7-5-8-21(19)13-14-9-16(22-2)11-17(10-14)23-3/h9-12,19H,4-8,13H2,1-3H3. The van der Waals surface area contributed by atoms with E-state index < -0.39 is 0 Å². The number of ether oxygens (including phenoxy) is 2. The van der Waals surface area contributed by atoms with E-state index in [0.717, 1.165) is 55.3 Å². The molecule has 0 amide bonds. The third kappa shape index (κ3) is 3.73. The largest absolute Gasteiger partial charge is 0.497 e. The van der Waals surface area contributed by atoms with Gasteiger partial charge in [0.1, 0.15) is 23.0 Å². The summed E-state index contributed by atoms with van der Waals surface area (Å²) >= 11 is 0. The lowest BCUT2D eigenvalue weighted by molar-refractivity contribution is 0.235. The molecule has 1 atom stereocenters. The van der Waals surface area contributed by atoms with Gasteiger partial charge in [0.2, 0.25) is 0 Å². The first kappa shape index (κ1) is 16.8. The lowest BCUT2D eigenvalue weighted by Crippen LogP contribution is -2.23. The average Bonchev–Trinajstić information content (AvgIpc) is 3.24. The van der Waals surface area contributed by atoms with Crippen LogP contribution in [0.1, 0.15) is 49.2 Å². The minimum Gasteiger partial charge on any atom is -0.497 e. The molecule has 0 aliphatic carbocycles. The van der Waals surface area contributed by atoms with E-state index in [1.165, 1.54) is 12.0 Å². The fraction of sp³-hybridized carbons (Fsp3) is 0.526. The maximum Gasteiger partial charge on any atom is 0.137 e. The lowest BCUT2D eigenvalue weighted by Gasteiger charge is -2.23. The summed E-state index contributed by atoms with van der Waals surface area (Å²) in [7, 11) is 3.36. The Morgan fingerprint density at radius 2 is 1.92 bits per heavy atom. The van der Waals surface area contributed by atoms with Crippen molar-refractivity contribution in [1.29, 1.82) is 0 Å². The smallest absolute Gasteiger partial charge is 0.137 e. The minimum atomic E-state index is 0.330. The molecule has 0 radical (unpaired) electrons. The molecule has 24 heavy (non-hydrogen) atoms. The van der Waals surface area contributed by atoms with E-state index in [4.69, 9.17) is 14.0 Å². The topological polar surface area (TPSA) is 47.7 Å². The second kappa shape index (κ2) is 7.71. The van der Waals surface area contributed by atoms with Crippen molar-refractivity contribution in [2.24, 2.45) is 0 Å². The molecule has 0 saturated carbocycles. The van der Waals surface area contributed by atoms with Gasteiger partial charge >= 0.3 is 0 Å². The molecule has 0 bridgehead atoms. The number of hydrogen-bond donors (Lipinski definition) is 0. The monoisotopic (exact) mass is 330 g/mol. The Balaban J connectivity index is 1.76. The van der Waals surface area contributed by atoms with E-state index in [1.807, 2.05) is 6.07 Å². The van der Waals surface area contributed by atoms with Crippen LogP contribution in [-0.4, -0.2) is 30.8 Å². The summed E-state index contributed by atoms with van der Waals surface area (Å²) in [6, 6.07) is 8.50. The van der Waals surface area contributed by atoms with Crippen LogP contribution in [0.5, 0.6) is 11.5 Å². The number of hydrogen-bond acceptors (Lipinski definition) is 5. The molecule has 0 N–H and O–H groups in total. The number of aromatic nitrogens is 1. The first-order chi connectivity index (χ1) is 11.7. The van der Waals surface area contributed by atoms with E-state index in [1.54, 1.807) is 14.2 Å². The van der Waals surface area contributed by atoms with Crippen molar-refractivity contribution >= 4 is 0 Å². The van der Waals surface area contributed by atoms with Crippen LogP contribution in [0.25, 0.3) is 0 Å². The molecule has 3 rings (SSSR count). The Bertz CT molecular complexity index is 646. The molecule has 1 aromatic carbocycles. The van der Waals surface area contributed by atoms with E-state index in [2.05, 4.69) is 35.2 Å². The van der Waals surface area contributed by atoms with Crippen LogP contribution in [0.15, 0.2) is 28.8 Å². The van der Waals surface area contributed by atoms with Crippen molar-refractivity contribution in [3.05, 3.63) is 41.3 Å². The summed E-state index contributed by atoms with van der Waals surface area (Å²) in [6.07, 6.45) is 4.33. The Labute approximate surface area is 143 Å². The Hall–Kier alpha value is -2.01. The summed E-state index contributed by atoms with van der Waals surface area (Å²) < 4.78 is 16.2. The third-order valence-electron chi connectivity index (χ3n) is 4.58. The van der Waals surface area contributed by atoms with Crippen LogP contribution in [0.2, 0.25) is 0 Å². The fourth-order valence-electron chi connectivity index (χ4n) is 3.39. The quantitative estimate of drug-likeness (QED) is 0.768. The van der Waals surface area contributed by atoms with Gasteiger partial charge in [0.25, 0.3) is 0 Å². The third-order valence-corrected chi connectivity index (χ3v) is 4.58. The number of nitrogens with zero attached hydrogens (tertiary/aromatic N) is 2. The predicted octanol–water partition coefficient (Wildman–Crippen LogP) is 3.98. The summed E-state index contributed by atoms with van der Waals surface area (Å²) in [5.41, 5.74) is 2.25. The van der Waals surface area contributed by atoms with Gasteiger partial charge in [-0.1, -0.05) is 12.1 Å². The van der Waals surface area contributed by atoms with Crippen molar-refractivity contribution in [3.8, 4) is 11.5 Å². The van der Waals surface area contributed by atoms with Crippen LogP contribution in [0.4, 0.5) is 0 Å². The number of benzene rings is 1. The zero-order valence-electron chi connectivity index (χ0n) is 14.7. The Morgan fingerprint density at radius 3 is 2.58 bits per heavy atom. The van der Waals surface area contributed by atoms with Gasteiger partial charge in [0, 0.05) is 25.1 Å². The van der Waals surface area contributed by atoms with Gasteiger partial charge in [0.15, 0.2) is 0 Å². The second-order valence-electron chi connectivity index (χ2n) is 6.32. The zero-order chi connectivity index (χ0) is 16.9. The highest BCUT2D eigenvalue weighted by molar-refractivity contribution is 5.38. The summed E-state index contributed by atoms with van der Waals surface area (Å²) in [5, 5.41) is 4.31. The molecule has 5 nitrogen and oxygen atoms in total. The predicted molar refractivity (Wildman–Crippen MR) is 92.4 cm³/mol. The summed E-state index contributed by atoms with van der Waals surface area (Å²) in [5.74, 6) is 2.64. The molecule has 2 heterocycles. The Morgan fingerprint density at radius 1 is 1.17 bits per heavy atom. The van der Waals surface area contributed by atoms with Gasteiger partial charge in [-0.25, -0.2) is 0 Å². The van der Waals surface area contributed by atoms with Crippen molar-refractivity contribution in [1.82, 2.24) is 10.1 Å². The van der Waals surface area contributed by atoms with Gasteiger partial charge in [-0.3, -0.25) is 4.90 Å². The van der Waals surface area contributed by atoms with Gasteiger partial charge in [0.05, 0.1) is 20.3 Å². The molecule has 130 valence electrons. The molecule has 1 saturated heterocycles. The van der Waals surface area contributed by atoms with Crippen molar-refractivity contribution in [2.45, 2.75) is 45.2 Å². The van der Waals surface area contributed by atoms with E-state index in [0.29, 0.717) is 6.04 Å². The molecule has 2 aromatic rings. The molecular formula is C19H26N2O3. The van der Waals surface area contributed by atoms with Crippen LogP contribution in [-0.2, 0) is 13.0 Å². The molecule has 0 spiro atoms. The highest BCUT2D eigenvalue weighted by atomic mass is 16.5. The minimum absolute atomic E-state index is 0.330. The highest BCUT2D eigenvalue weighted by Crippen LogP contribution is 2.34. The first-order valence-electron chi connectivity index (χ1n) is 8.65. The lowest BCUT2D eigenvalue weighted by atomic mass is 10.1. The van der Waals surface area contributed by atoms with Gasteiger partial charge < -0.3 is 14.0 Å². The summed E-state index contributed by atoms with van der Waals surface area (Å²) in [4.78, 5) is 2.46. The van der Waals surface area contributed by atoms with E-state index in [9.17, 15) is 0 Å². The normalized spacial score (nSPS) is 18.0. The summed E-state index contributed by atoms with van der Waals surface area (Å²) in [6.45, 7) is 4.08. The molecule has 1 unspecified atom stereocenters. The molecule has 5 heteroatoms. The zero-order valence-corrected chi connectivity index (χ0v) is 14.7. The number of likely N-dealkylation sites (tertiary alicyclic amines) is 1. The molecule has 1 fully saturated rings. The van der Waals surface area contributed by atoms with Crippen molar-refractivity contribution in [2.75, 3.05) is 20.8 Å². The molecule has 1 aliphatic heterocycles. The molecular weight excluding hydrogens is 304 g/mol. The van der Waals surface area contributed by atoms with Gasteiger partial charge in [-0.2, -0.15) is 0 Å². The Kier molecular flexibility index (Phi) is 5.41. The molecule has 1 aromatic heterocycles. The number of rotatable bonds is 7. The fourth-order valence-corrected chi connectivity index (χ4v) is 3.39. The van der Waals surface area contributed by atoms with E-state index >= 15 is 0 Å². The van der Waals surface area contributed by atoms with Crippen LogP contribution >= 0.6 is 0 Å². The number of aryl methyl sites for hydroxylation is 1. The first-order valence-corrected chi connectivity index (χ1v) is 8.65. The SMILES string of the molecule is CCCc1cc(C2CCCN2Cc2cc(OC)cc(OC)c2)no1. The second-order valence-corrected chi connectivity index (χ2v) is 6.32. The van der Waals surface area contributed by atoms with Crippen LogP contribution < -0.4 is 9.47 Å². The number of methoxy groups -OCH3 is 2. The van der Waals surface area contributed by atoms with Crippen molar-refractivity contribution < 1.29 is 14.0 Å². The van der Waals surface area contributed by atoms with Gasteiger partial charge in [-0.05, 0) is 43.5 Å². The van der Waals surface area contributed by atoms with E-state index in [-0.39, 0.29) is 0 Å². The highest BCUT2D eigenvalue weighted by Gasteiger charge is 2.28. The maximum atomic E-state index is 5.47.